The van der Waals surface area contributed by atoms with Gasteiger partial charge in [0.15, 0.2) is 0 Å². The van der Waals surface area contributed by atoms with Crippen molar-refractivity contribution < 1.29 is 9.59 Å². The Labute approximate surface area is 110 Å². The molecule has 5 nitrogen and oxygen atoms in total. The van der Waals surface area contributed by atoms with E-state index in [-0.39, 0.29) is 24.8 Å². The highest BCUT2D eigenvalue weighted by molar-refractivity contribution is 6.29. The summed E-state index contributed by atoms with van der Waals surface area (Å²) in [6.07, 6.45) is 0.228. The lowest BCUT2D eigenvalue weighted by Gasteiger charge is -2.17. The van der Waals surface area contributed by atoms with Gasteiger partial charge in [-0.2, -0.15) is 0 Å². The first-order valence-corrected chi connectivity index (χ1v) is 6.02. The van der Waals surface area contributed by atoms with Gasteiger partial charge in [0.2, 0.25) is 11.8 Å². The highest BCUT2D eigenvalue weighted by atomic mass is 35.5. The summed E-state index contributed by atoms with van der Waals surface area (Å²) in [5.74, 6) is 0.0133. The lowest BCUT2D eigenvalue weighted by atomic mass is 9.92. The fourth-order valence-electron chi connectivity index (χ4n) is 1.99. The molecule has 2 heterocycles. The molecule has 0 unspecified atom stereocenters. The van der Waals surface area contributed by atoms with E-state index >= 15 is 0 Å². The predicted molar refractivity (Wildman–Crippen MR) is 65.7 cm³/mol. The van der Waals surface area contributed by atoms with Gasteiger partial charge in [-0.25, -0.2) is 9.97 Å². The van der Waals surface area contributed by atoms with Gasteiger partial charge in [0.25, 0.3) is 0 Å². The van der Waals surface area contributed by atoms with Crippen molar-refractivity contribution in [3.05, 3.63) is 22.7 Å². The van der Waals surface area contributed by atoms with E-state index in [0.717, 1.165) is 0 Å². The first kappa shape index (κ1) is 13.0. The maximum absolute atomic E-state index is 12.0. The van der Waals surface area contributed by atoms with Gasteiger partial charge in [-0.3, -0.25) is 14.5 Å². The third kappa shape index (κ3) is 2.36. The summed E-state index contributed by atoms with van der Waals surface area (Å²) in [5.41, 5.74) is 0.0772. The Morgan fingerprint density at radius 2 is 2.06 bits per heavy atom. The number of nitrogens with zero attached hydrogens (tertiary/aromatic N) is 3. The van der Waals surface area contributed by atoms with Gasteiger partial charge in [0, 0.05) is 12.1 Å². The van der Waals surface area contributed by atoms with E-state index in [1.165, 1.54) is 4.90 Å². The molecule has 0 bridgehead atoms. The minimum Gasteiger partial charge on any atom is -0.274 e. The van der Waals surface area contributed by atoms with Crippen LogP contribution in [0.1, 0.15) is 31.8 Å². The second kappa shape index (κ2) is 4.31. The number of aromatic nitrogens is 2. The van der Waals surface area contributed by atoms with Gasteiger partial charge in [-0.1, -0.05) is 25.4 Å². The van der Waals surface area contributed by atoms with Crippen molar-refractivity contribution in [2.24, 2.45) is 5.41 Å². The second-order valence-corrected chi connectivity index (χ2v) is 5.48. The number of likely N-dealkylation sites (tertiary alicyclic amines) is 1. The fourth-order valence-corrected chi connectivity index (χ4v) is 2.24. The molecule has 1 aromatic rings. The molecule has 1 aliphatic rings. The van der Waals surface area contributed by atoms with Crippen LogP contribution in [-0.4, -0.2) is 26.7 Å². The molecule has 18 heavy (non-hydrogen) atoms. The van der Waals surface area contributed by atoms with E-state index in [4.69, 9.17) is 11.6 Å². The van der Waals surface area contributed by atoms with Crippen LogP contribution in [0.2, 0.25) is 5.15 Å². The van der Waals surface area contributed by atoms with E-state index in [9.17, 15) is 9.59 Å². The van der Waals surface area contributed by atoms with Crippen LogP contribution in [-0.2, 0) is 16.1 Å². The number of amides is 2. The van der Waals surface area contributed by atoms with Crippen molar-refractivity contribution in [1.29, 1.82) is 0 Å². The smallest absolute Gasteiger partial charge is 0.235 e. The molecule has 1 fully saturated rings. The summed E-state index contributed by atoms with van der Waals surface area (Å²) in [6, 6.07) is 1.63. The van der Waals surface area contributed by atoms with Crippen LogP contribution in [0.25, 0.3) is 0 Å². The van der Waals surface area contributed by atoms with Crippen molar-refractivity contribution in [3.63, 3.8) is 0 Å². The Kier molecular flexibility index (Phi) is 3.11. The molecule has 0 aromatic carbocycles. The molecule has 0 spiro atoms. The zero-order valence-electron chi connectivity index (χ0n) is 10.5. The van der Waals surface area contributed by atoms with Crippen LogP contribution in [0.15, 0.2) is 6.07 Å². The van der Waals surface area contributed by atoms with Gasteiger partial charge in [0.1, 0.15) is 11.0 Å². The van der Waals surface area contributed by atoms with Crippen molar-refractivity contribution in [2.75, 3.05) is 0 Å². The minimum absolute atomic E-state index is 0.0858. The van der Waals surface area contributed by atoms with Crippen molar-refractivity contribution in [2.45, 2.75) is 33.7 Å². The Morgan fingerprint density at radius 1 is 1.39 bits per heavy atom. The van der Waals surface area contributed by atoms with Crippen LogP contribution in [0.3, 0.4) is 0 Å². The topological polar surface area (TPSA) is 63.2 Å². The summed E-state index contributed by atoms with van der Waals surface area (Å²) in [7, 11) is 0. The lowest BCUT2D eigenvalue weighted by molar-refractivity contribution is -0.141. The number of rotatable bonds is 2. The number of imide groups is 1. The Morgan fingerprint density at radius 3 is 2.56 bits per heavy atom. The van der Waals surface area contributed by atoms with E-state index in [2.05, 4.69) is 9.97 Å². The highest BCUT2D eigenvalue weighted by Crippen LogP contribution is 2.32. The van der Waals surface area contributed by atoms with Crippen molar-refractivity contribution in [3.8, 4) is 0 Å². The largest absolute Gasteiger partial charge is 0.274 e. The van der Waals surface area contributed by atoms with Gasteiger partial charge < -0.3 is 0 Å². The number of hydrogen-bond acceptors (Lipinski definition) is 4. The molecule has 1 aromatic heterocycles. The molecule has 1 aliphatic heterocycles. The maximum Gasteiger partial charge on any atom is 0.235 e. The third-order valence-electron chi connectivity index (χ3n) is 2.89. The first-order valence-electron chi connectivity index (χ1n) is 5.64. The molecule has 2 amide bonds. The summed E-state index contributed by atoms with van der Waals surface area (Å²) >= 11 is 5.82. The van der Waals surface area contributed by atoms with Gasteiger partial charge in [-0.05, 0) is 13.0 Å². The summed E-state index contributed by atoms with van der Waals surface area (Å²) < 4.78 is 0. The second-order valence-electron chi connectivity index (χ2n) is 5.09. The molecular formula is C12H14ClN3O2. The Bertz CT molecular complexity index is 508. The standard InChI is InChI=1S/C12H14ClN3O2/c1-7-4-8(13)15-9(14-7)6-16-10(17)5-12(2,3)11(16)18/h4H,5-6H2,1-3H3. The van der Waals surface area contributed by atoms with Crippen LogP contribution >= 0.6 is 11.6 Å². The van der Waals surface area contributed by atoms with Gasteiger partial charge in [-0.15, -0.1) is 0 Å². The molecule has 0 N–H and O–H groups in total. The SMILES string of the molecule is Cc1cc(Cl)nc(CN2C(=O)CC(C)(C)C2=O)n1. The van der Waals surface area contributed by atoms with Crippen LogP contribution < -0.4 is 0 Å². The number of halogens is 1. The Hall–Kier alpha value is -1.49. The zero-order chi connectivity index (χ0) is 13.5. The number of carbonyl (C=O) groups is 2. The normalized spacial score (nSPS) is 18.6. The lowest BCUT2D eigenvalue weighted by Crippen LogP contribution is -2.33. The molecular weight excluding hydrogens is 254 g/mol. The third-order valence-corrected chi connectivity index (χ3v) is 3.08. The minimum atomic E-state index is -0.634. The number of hydrogen-bond donors (Lipinski definition) is 0. The molecule has 0 radical (unpaired) electrons. The van der Waals surface area contributed by atoms with Crippen LogP contribution in [0.4, 0.5) is 0 Å². The first-order chi connectivity index (χ1) is 8.29. The average Bonchev–Trinajstić information content (AvgIpc) is 2.39. The highest BCUT2D eigenvalue weighted by Gasteiger charge is 2.44. The molecule has 96 valence electrons. The molecule has 6 heteroatoms. The maximum atomic E-state index is 12.0. The zero-order valence-corrected chi connectivity index (χ0v) is 11.3. The molecule has 2 rings (SSSR count). The molecule has 0 atom stereocenters. The van der Waals surface area contributed by atoms with E-state index in [0.29, 0.717) is 16.7 Å². The predicted octanol–water partition coefficient (Wildman–Crippen LogP) is 1.72. The number of carbonyl (C=O) groups excluding carboxylic acids is 2. The van der Waals surface area contributed by atoms with E-state index in [1.807, 2.05) is 0 Å². The summed E-state index contributed by atoms with van der Waals surface area (Å²) in [4.78, 5) is 33.2. The molecule has 1 saturated heterocycles. The van der Waals surface area contributed by atoms with Crippen molar-refractivity contribution >= 4 is 23.4 Å². The average molecular weight is 268 g/mol. The van der Waals surface area contributed by atoms with Crippen molar-refractivity contribution in [1.82, 2.24) is 14.9 Å². The summed E-state index contributed by atoms with van der Waals surface area (Å²) in [6.45, 7) is 5.39. The van der Waals surface area contributed by atoms with E-state index < -0.39 is 5.41 Å². The van der Waals surface area contributed by atoms with Gasteiger partial charge in [0.05, 0.1) is 12.0 Å². The summed E-state index contributed by atoms with van der Waals surface area (Å²) in [5, 5.41) is 0.316. The molecule has 0 saturated carbocycles. The molecule has 0 aliphatic carbocycles. The fraction of sp³-hybridized carbons (Fsp3) is 0.500. The van der Waals surface area contributed by atoms with Crippen LogP contribution in [0.5, 0.6) is 0 Å². The van der Waals surface area contributed by atoms with Crippen LogP contribution in [0, 0.1) is 12.3 Å². The monoisotopic (exact) mass is 267 g/mol. The quantitative estimate of drug-likeness (QED) is 0.605. The Balaban J connectivity index is 2.24. The van der Waals surface area contributed by atoms with E-state index in [1.54, 1.807) is 26.8 Å². The van der Waals surface area contributed by atoms with Gasteiger partial charge >= 0.3 is 0 Å². The number of aryl methyl sites for hydroxylation is 1.